The van der Waals surface area contributed by atoms with Gasteiger partial charge in [-0.15, -0.1) is 0 Å². The number of pyridine rings is 1. The first kappa shape index (κ1) is 41.4. The molecule has 290 valence electrons. The number of benzene rings is 1. The summed E-state index contributed by atoms with van der Waals surface area (Å²) in [4.78, 5) is 55.9. The van der Waals surface area contributed by atoms with Gasteiger partial charge < -0.3 is 47.3 Å². The summed E-state index contributed by atoms with van der Waals surface area (Å²) < 4.78 is 76.8. The predicted molar refractivity (Wildman–Crippen MR) is 190 cm³/mol. The fourth-order valence-corrected chi connectivity index (χ4v) is 10.6. The lowest BCUT2D eigenvalue weighted by Gasteiger charge is -2.37. The fraction of sp³-hybridized carbons (Fsp3) is 0.636. The zero-order chi connectivity index (χ0) is 38.4. The molecule has 2 amide bonds. The third-order valence-corrected chi connectivity index (χ3v) is 13.6. The van der Waals surface area contributed by atoms with E-state index in [2.05, 4.69) is 5.32 Å². The molecule has 2 aromatic rings. The van der Waals surface area contributed by atoms with Crippen LogP contribution in [0.15, 0.2) is 23.1 Å². The number of carbonyl (C=O) groups is 3. The summed E-state index contributed by atoms with van der Waals surface area (Å²) in [6, 6.07) is 2.59. The van der Waals surface area contributed by atoms with E-state index in [0.29, 0.717) is 31.7 Å². The Labute approximate surface area is 302 Å². The van der Waals surface area contributed by atoms with Crippen LogP contribution in [0.1, 0.15) is 77.7 Å². The summed E-state index contributed by atoms with van der Waals surface area (Å²) in [7, 11) is -8.70. The van der Waals surface area contributed by atoms with Crippen molar-refractivity contribution in [2.45, 2.75) is 78.5 Å². The summed E-state index contributed by atoms with van der Waals surface area (Å²) in [5, 5.41) is 2.23. The third-order valence-electron chi connectivity index (χ3n) is 7.99. The summed E-state index contributed by atoms with van der Waals surface area (Å²) in [5.41, 5.74) is -3.10. The van der Waals surface area contributed by atoms with Crippen molar-refractivity contribution < 1.29 is 55.5 Å². The molecule has 0 radical (unpaired) electrons. The molecule has 1 aliphatic heterocycles. The van der Waals surface area contributed by atoms with Gasteiger partial charge in [-0.2, -0.15) is 0 Å². The Kier molecular flexibility index (Phi) is 13.7. The number of fused-ring (bicyclic) bond motifs is 1. The SMILES string of the molecule is CCOP(=O)(OCC)C(NC(=O)COC(=O)c1cn(C2CC2)c2cc(N3CCN(C(=O)OC(C)(C)C)CC3)c(F)cc2c1=O)P(=O)(OCC)OCC. The zero-order valence-electron chi connectivity index (χ0n) is 30.7. The molecule has 1 saturated heterocycles. The Bertz CT molecular complexity index is 1740. The third kappa shape index (κ3) is 9.80. The number of hydrogen-bond acceptors (Lipinski definition) is 13. The van der Waals surface area contributed by atoms with Gasteiger partial charge in [-0.1, -0.05) is 0 Å². The number of nitrogens with one attached hydrogen (secondary N) is 1. The van der Waals surface area contributed by atoms with Crippen molar-refractivity contribution in [1.82, 2.24) is 14.8 Å². The standard InChI is InChI=1S/C33H49FN4O12P2/c1-8-46-51(43,47-9-2)31(52(44,48-10-3)49-11-4)35-28(39)21-45-30(41)24-20-38(22-12-13-22)26-19-27(25(34)18-23(26)29(24)40)36-14-16-37(17-15-36)32(42)50-33(5,6)7/h18-20,22,31H,8-17,21H2,1-7H3,(H,35,39). The van der Waals surface area contributed by atoms with E-state index in [1.165, 1.54) is 33.9 Å². The van der Waals surface area contributed by atoms with Gasteiger partial charge in [0.25, 0.3) is 5.91 Å². The van der Waals surface area contributed by atoms with Crippen molar-refractivity contribution in [3.05, 3.63) is 39.9 Å². The molecule has 1 saturated carbocycles. The van der Waals surface area contributed by atoms with Crippen LogP contribution in [0.2, 0.25) is 0 Å². The van der Waals surface area contributed by atoms with Crippen molar-refractivity contribution in [3.8, 4) is 0 Å². The van der Waals surface area contributed by atoms with Gasteiger partial charge in [0.2, 0.25) is 11.0 Å². The summed E-state index contributed by atoms with van der Waals surface area (Å²) in [6.07, 6.45) is 2.41. The van der Waals surface area contributed by atoms with Gasteiger partial charge in [0, 0.05) is 43.8 Å². The van der Waals surface area contributed by atoms with Gasteiger partial charge >= 0.3 is 27.3 Å². The number of nitrogens with zero attached hydrogens (tertiary/aromatic N) is 3. The van der Waals surface area contributed by atoms with E-state index in [1.54, 1.807) is 41.2 Å². The van der Waals surface area contributed by atoms with E-state index < -0.39 is 67.7 Å². The van der Waals surface area contributed by atoms with Gasteiger partial charge in [-0.3, -0.25) is 18.7 Å². The number of ether oxygens (including phenoxy) is 2. The molecule has 2 heterocycles. The summed E-state index contributed by atoms with van der Waals surface area (Å²) in [6.45, 7) is 11.3. The number of aromatic nitrogens is 1. The second-order valence-electron chi connectivity index (χ2n) is 13.1. The number of anilines is 1. The number of amides is 2. The molecule has 1 N–H and O–H groups in total. The van der Waals surface area contributed by atoms with Crippen molar-refractivity contribution in [2.75, 3.05) is 64.1 Å². The molecule has 1 aromatic heterocycles. The zero-order valence-corrected chi connectivity index (χ0v) is 32.5. The molecular formula is C33H49FN4O12P2. The van der Waals surface area contributed by atoms with Crippen LogP contribution in [0, 0.1) is 5.82 Å². The number of esters is 1. The first-order valence-electron chi connectivity index (χ1n) is 17.4. The topological polar surface area (TPSA) is 181 Å². The van der Waals surface area contributed by atoms with Gasteiger partial charge in [0.1, 0.15) is 17.0 Å². The Morgan fingerprint density at radius 3 is 1.92 bits per heavy atom. The lowest BCUT2D eigenvalue weighted by Crippen LogP contribution is -2.50. The minimum atomic E-state index is -4.35. The smallest absolute Gasteiger partial charge is 0.410 e. The maximum Gasteiger partial charge on any atom is 0.410 e. The first-order chi connectivity index (χ1) is 24.5. The van der Waals surface area contributed by atoms with Crippen LogP contribution in [0.25, 0.3) is 10.9 Å². The number of carbonyl (C=O) groups excluding carboxylic acids is 3. The van der Waals surface area contributed by atoms with Gasteiger partial charge in [-0.25, -0.2) is 14.0 Å². The van der Waals surface area contributed by atoms with Crippen molar-refractivity contribution in [1.29, 1.82) is 0 Å². The predicted octanol–water partition coefficient (Wildman–Crippen LogP) is 5.62. The number of halogens is 1. The van der Waals surface area contributed by atoms with Gasteiger partial charge in [0.05, 0.1) is 37.6 Å². The number of piperazine rings is 1. The highest BCUT2D eigenvalue weighted by Gasteiger charge is 2.52. The number of rotatable bonds is 16. The highest BCUT2D eigenvalue weighted by atomic mass is 31.2. The van der Waals surface area contributed by atoms with Gasteiger partial charge in [0.15, 0.2) is 6.61 Å². The highest BCUT2D eigenvalue weighted by molar-refractivity contribution is 7.72. The molecular weight excluding hydrogens is 725 g/mol. The number of hydrogen-bond donors (Lipinski definition) is 1. The van der Waals surface area contributed by atoms with E-state index >= 15 is 4.39 Å². The first-order valence-corrected chi connectivity index (χ1v) is 20.6. The average molecular weight is 775 g/mol. The maximum absolute atomic E-state index is 15.7. The van der Waals surface area contributed by atoms with Crippen LogP contribution in [0.5, 0.6) is 0 Å². The second kappa shape index (κ2) is 17.2. The molecule has 52 heavy (non-hydrogen) atoms. The minimum absolute atomic E-state index is 0.0526. The fourth-order valence-electron chi connectivity index (χ4n) is 5.66. The van der Waals surface area contributed by atoms with E-state index in [1.807, 2.05) is 0 Å². The molecule has 4 rings (SSSR count). The monoisotopic (exact) mass is 774 g/mol. The maximum atomic E-state index is 15.7. The molecule has 0 unspecified atom stereocenters. The highest BCUT2D eigenvalue weighted by Crippen LogP contribution is 2.69. The summed E-state index contributed by atoms with van der Waals surface area (Å²) in [5.74, 6) is -2.90. The average Bonchev–Trinajstić information content (AvgIpc) is 3.92. The molecule has 2 aliphatic rings. The Morgan fingerprint density at radius 2 is 1.44 bits per heavy atom. The molecule has 1 aromatic carbocycles. The van der Waals surface area contributed by atoms with E-state index in [-0.39, 0.29) is 43.5 Å². The molecule has 0 bridgehead atoms. The van der Waals surface area contributed by atoms with E-state index in [9.17, 15) is 28.3 Å². The van der Waals surface area contributed by atoms with Gasteiger partial charge in [-0.05, 0) is 73.4 Å². The van der Waals surface area contributed by atoms with Crippen molar-refractivity contribution in [2.24, 2.45) is 0 Å². The van der Waals surface area contributed by atoms with E-state index in [4.69, 9.17) is 27.6 Å². The molecule has 2 fully saturated rings. The lowest BCUT2D eigenvalue weighted by molar-refractivity contribution is -0.124. The Balaban J connectivity index is 1.56. The normalized spacial score (nSPS) is 15.6. The van der Waals surface area contributed by atoms with Crippen LogP contribution < -0.4 is 15.6 Å². The summed E-state index contributed by atoms with van der Waals surface area (Å²) >= 11 is 0. The van der Waals surface area contributed by atoms with Crippen molar-refractivity contribution in [3.63, 3.8) is 0 Å². The Morgan fingerprint density at radius 1 is 0.904 bits per heavy atom. The molecule has 0 spiro atoms. The van der Waals surface area contributed by atoms with E-state index in [0.717, 1.165) is 18.9 Å². The van der Waals surface area contributed by atoms with Crippen LogP contribution in [-0.4, -0.2) is 97.8 Å². The lowest BCUT2D eigenvalue weighted by atomic mass is 10.1. The van der Waals surface area contributed by atoms with Crippen molar-refractivity contribution >= 4 is 49.8 Å². The minimum Gasteiger partial charge on any atom is -0.452 e. The largest absolute Gasteiger partial charge is 0.452 e. The molecule has 1 aliphatic carbocycles. The molecule has 16 nitrogen and oxygen atoms in total. The van der Waals surface area contributed by atoms with Crippen LogP contribution in [0.4, 0.5) is 14.9 Å². The quantitative estimate of drug-likeness (QED) is 0.164. The van der Waals surface area contributed by atoms with Crippen LogP contribution >= 0.6 is 15.2 Å². The second-order valence-corrected chi connectivity index (χ2v) is 17.7. The molecule has 0 atom stereocenters. The molecule has 19 heteroatoms. The van der Waals surface area contributed by atoms with Crippen LogP contribution in [-0.2, 0) is 41.5 Å². The Hall–Kier alpha value is -3.33. The van der Waals surface area contributed by atoms with Crippen LogP contribution in [0.3, 0.4) is 0 Å².